The monoisotopic (exact) mass is 760 g/mol. The number of benzene rings is 3. The Morgan fingerprint density at radius 2 is 1.50 bits per heavy atom. The second-order valence-corrected chi connectivity index (χ2v) is 15.2. The molecule has 0 bridgehead atoms. The quantitative estimate of drug-likeness (QED) is 0.189. The Morgan fingerprint density at radius 1 is 0.846 bits per heavy atom. The van der Waals surface area contributed by atoms with Crippen molar-refractivity contribution in [3.8, 4) is 0 Å². The number of amides is 1. The van der Waals surface area contributed by atoms with Gasteiger partial charge in [0, 0.05) is 61.7 Å². The first-order valence-corrected chi connectivity index (χ1v) is 18.7. The first-order chi connectivity index (χ1) is 25.1. The van der Waals surface area contributed by atoms with E-state index in [9.17, 15) is 22.8 Å². The Hall–Kier alpha value is -4.95. The molecule has 1 amide bonds. The minimum absolute atomic E-state index is 0.0419. The molecule has 2 aliphatic heterocycles. The molecule has 15 heteroatoms. The molecule has 7 rings (SSSR count). The molecule has 0 spiro atoms. The molecule has 1 fully saturated rings. The van der Waals surface area contributed by atoms with E-state index in [0.717, 1.165) is 13.1 Å². The molecule has 0 saturated carbocycles. The lowest BCUT2D eigenvalue weighted by Crippen LogP contribution is -2.50. The van der Waals surface area contributed by atoms with Gasteiger partial charge in [0.05, 0.1) is 36.0 Å². The molecule has 0 aliphatic carbocycles. The maximum Gasteiger partial charge on any atom is 0.337 e. The lowest BCUT2D eigenvalue weighted by molar-refractivity contribution is 0.0598. The summed E-state index contributed by atoms with van der Waals surface area (Å²) in [5.74, 6) is -1.08. The molecular formula is C37H34Cl2N6O6S. The largest absolute Gasteiger partial charge is 0.465 e. The third-order valence-electron chi connectivity index (χ3n) is 9.51. The van der Waals surface area contributed by atoms with E-state index < -0.39 is 39.5 Å². The number of methoxy groups -OCH3 is 1. The summed E-state index contributed by atoms with van der Waals surface area (Å²) in [7, 11) is -3.26. The first-order valence-electron chi connectivity index (χ1n) is 16.5. The van der Waals surface area contributed by atoms with Gasteiger partial charge in [-0.25, -0.2) is 22.5 Å². The Kier molecular flexibility index (Phi) is 9.94. The molecule has 0 radical (unpaired) electrons. The first kappa shape index (κ1) is 35.5. The predicted molar refractivity (Wildman–Crippen MR) is 197 cm³/mol. The fourth-order valence-electron chi connectivity index (χ4n) is 6.84. The minimum Gasteiger partial charge on any atom is -0.465 e. The number of esters is 1. The van der Waals surface area contributed by atoms with E-state index in [0.29, 0.717) is 47.4 Å². The van der Waals surface area contributed by atoms with Crippen molar-refractivity contribution in [2.24, 2.45) is 0 Å². The van der Waals surface area contributed by atoms with Crippen molar-refractivity contribution in [3.05, 3.63) is 146 Å². The Bertz CT molecular complexity index is 2270. The van der Waals surface area contributed by atoms with Gasteiger partial charge in [-0.3, -0.25) is 19.1 Å². The summed E-state index contributed by atoms with van der Waals surface area (Å²) in [4.78, 5) is 49.0. The normalized spacial score (nSPS) is 17.6. The number of aromatic nitrogens is 3. The molecule has 12 nitrogen and oxygen atoms in total. The summed E-state index contributed by atoms with van der Waals surface area (Å²) in [5.41, 5.74) is 0.464. The lowest BCUT2D eigenvalue weighted by Gasteiger charge is -2.34. The van der Waals surface area contributed by atoms with Crippen molar-refractivity contribution in [2.75, 3.05) is 44.1 Å². The average molecular weight is 762 g/mol. The fraction of sp³-hybridized carbons (Fsp3) is 0.243. The highest BCUT2D eigenvalue weighted by Crippen LogP contribution is 2.49. The Morgan fingerprint density at radius 3 is 2.12 bits per heavy atom. The summed E-state index contributed by atoms with van der Waals surface area (Å²) in [6, 6.07) is 20.0. The number of halogens is 2. The number of anilines is 1. The molecule has 268 valence electrons. The molecular weight excluding hydrogens is 727 g/mol. The summed E-state index contributed by atoms with van der Waals surface area (Å²) >= 11 is 12.5. The number of piperazine rings is 1. The van der Waals surface area contributed by atoms with E-state index >= 15 is 0 Å². The molecule has 3 aromatic carbocycles. The zero-order valence-electron chi connectivity index (χ0n) is 28.0. The highest BCUT2D eigenvalue weighted by atomic mass is 35.5. The summed E-state index contributed by atoms with van der Waals surface area (Å²) < 4.78 is 39.0. The van der Waals surface area contributed by atoms with Crippen molar-refractivity contribution in [2.45, 2.75) is 23.5 Å². The number of fused-ring (bicyclic) bond motifs is 1. The molecule has 52 heavy (non-hydrogen) atoms. The second kappa shape index (κ2) is 14.6. The highest BCUT2D eigenvalue weighted by Gasteiger charge is 2.48. The van der Waals surface area contributed by atoms with E-state index in [2.05, 4.69) is 9.88 Å². The summed E-state index contributed by atoms with van der Waals surface area (Å²) in [6.07, 6.45) is 5.40. The van der Waals surface area contributed by atoms with Crippen molar-refractivity contribution in [1.82, 2.24) is 23.9 Å². The second-order valence-electron chi connectivity index (χ2n) is 12.5. The number of rotatable bonds is 9. The molecule has 1 saturated heterocycles. The Balaban J connectivity index is 1.32. The van der Waals surface area contributed by atoms with Gasteiger partial charge in [-0.2, -0.15) is 0 Å². The van der Waals surface area contributed by atoms with Crippen LogP contribution in [-0.4, -0.2) is 84.0 Å². The number of hydrogen-bond donors (Lipinski definition) is 0. The van der Waals surface area contributed by atoms with Crippen LogP contribution in [0.4, 0.5) is 5.82 Å². The van der Waals surface area contributed by atoms with Crippen molar-refractivity contribution in [3.63, 3.8) is 0 Å². The average Bonchev–Trinajstić information content (AvgIpc) is 3.82. The van der Waals surface area contributed by atoms with E-state index in [1.54, 1.807) is 66.0 Å². The van der Waals surface area contributed by atoms with E-state index in [-0.39, 0.29) is 21.8 Å². The third kappa shape index (κ3) is 6.72. The topological polar surface area (TPSA) is 127 Å². The zero-order chi connectivity index (χ0) is 36.6. The van der Waals surface area contributed by atoms with Crippen LogP contribution < -0.4 is 9.86 Å². The van der Waals surface area contributed by atoms with Crippen LogP contribution >= 0.6 is 23.2 Å². The number of carbonyl (C=O) groups excluding carboxylic acids is 2. The van der Waals surface area contributed by atoms with Gasteiger partial charge in [0.2, 0.25) is 0 Å². The van der Waals surface area contributed by atoms with Crippen LogP contribution in [0.2, 0.25) is 10.0 Å². The number of imidazole rings is 1. The van der Waals surface area contributed by atoms with Crippen LogP contribution in [0, 0.1) is 0 Å². The van der Waals surface area contributed by atoms with Crippen LogP contribution in [0.25, 0.3) is 0 Å². The number of carbonyl (C=O) groups is 2. The van der Waals surface area contributed by atoms with Crippen LogP contribution in [0.1, 0.15) is 43.9 Å². The van der Waals surface area contributed by atoms with E-state index in [1.165, 1.54) is 52.4 Å². The van der Waals surface area contributed by atoms with Gasteiger partial charge in [-0.15, -0.1) is 0 Å². The third-order valence-corrected chi connectivity index (χ3v) is 11.8. The lowest BCUT2D eigenvalue weighted by atomic mass is 9.94. The van der Waals surface area contributed by atoms with Crippen molar-refractivity contribution in [1.29, 1.82) is 0 Å². The van der Waals surface area contributed by atoms with Gasteiger partial charge < -0.3 is 14.2 Å². The van der Waals surface area contributed by atoms with Gasteiger partial charge in [0.15, 0.2) is 0 Å². The maximum atomic E-state index is 14.8. The molecule has 2 aliphatic rings. The fourth-order valence-corrected chi connectivity index (χ4v) is 8.78. The van der Waals surface area contributed by atoms with Gasteiger partial charge in [-0.1, -0.05) is 53.5 Å². The maximum absolute atomic E-state index is 14.8. The van der Waals surface area contributed by atoms with Crippen LogP contribution in [0.5, 0.6) is 0 Å². The number of hydrogen-bond acceptors (Lipinski definition) is 8. The van der Waals surface area contributed by atoms with Gasteiger partial charge in [0.25, 0.3) is 21.5 Å². The molecule has 4 heterocycles. The number of sulfonamides is 1. The minimum atomic E-state index is -4.47. The number of pyridine rings is 1. The highest BCUT2D eigenvalue weighted by molar-refractivity contribution is 7.92. The standard InChI is InChI=1S/C37H34Cl2N6O6S/c1-51-37(48)27-3-2-4-30(23-27)52(49,50)45-32-14-13-31(35(46)43-21-19-41(20-22-43)17-18-42-16-15-40-24-42)36(47)44(32)33(25-5-9-28(38)10-6-25)34(45)26-7-11-29(39)12-8-26/h2-16,23-24,33-34H,17-22H2,1H3. The SMILES string of the molecule is COC(=O)c1cccc(S(=O)(=O)N2c3ccc(C(=O)N4CCN(CCn5ccnc5)CC4)c(=O)n3C(c3ccc(Cl)cc3)C2c2ccc(Cl)cc2)c1. The number of nitrogens with zero attached hydrogens (tertiary/aromatic N) is 6. The van der Waals surface area contributed by atoms with E-state index in [1.807, 2.05) is 10.8 Å². The zero-order valence-corrected chi connectivity index (χ0v) is 30.3. The molecule has 2 aromatic heterocycles. The van der Waals surface area contributed by atoms with Crippen molar-refractivity contribution < 1.29 is 22.7 Å². The van der Waals surface area contributed by atoms with Gasteiger partial charge in [-0.05, 0) is 65.7 Å². The van der Waals surface area contributed by atoms with Crippen molar-refractivity contribution >= 4 is 50.9 Å². The van der Waals surface area contributed by atoms with Crippen LogP contribution in [-0.2, 0) is 21.3 Å². The molecule has 0 N–H and O–H groups in total. The summed E-state index contributed by atoms with van der Waals surface area (Å²) in [5, 5.41) is 0.893. The van der Waals surface area contributed by atoms with Crippen LogP contribution in [0.15, 0.2) is 113 Å². The molecule has 2 unspecified atom stereocenters. The predicted octanol–water partition coefficient (Wildman–Crippen LogP) is 5.14. The van der Waals surface area contributed by atoms with E-state index in [4.69, 9.17) is 27.9 Å². The molecule has 5 aromatic rings. The van der Waals surface area contributed by atoms with Gasteiger partial charge in [0.1, 0.15) is 11.4 Å². The van der Waals surface area contributed by atoms with Gasteiger partial charge >= 0.3 is 5.97 Å². The Labute approximate surface area is 310 Å². The number of ether oxygens (including phenoxy) is 1. The van der Waals surface area contributed by atoms with Crippen LogP contribution in [0.3, 0.4) is 0 Å². The summed E-state index contributed by atoms with van der Waals surface area (Å²) in [6.45, 7) is 3.68. The molecule has 2 atom stereocenters. The smallest absolute Gasteiger partial charge is 0.337 e.